The van der Waals surface area contributed by atoms with E-state index in [0.29, 0.717) is 24.7 Å². The van der Waals surface area contributed by atoms with Gasteiger partial charge < -0.3 is 16.0 Å². The first-order valence-electron chi connectivity index (χ1n) is 8.43. The fourth-order valence-corrected chi connectivity index (χ4v) is 2.78. The SMILES string of the molecule is CC(C)CC(=O)Nc1ccc(NC(=O)CC2CCNCC2)cc1.Cl. The van der Waals surface area contributed by atoms with E-state index in [4.69, 9.17) is 0 Å². The lowest BCUT2D eigenvalue weighted by Gasteiger charge is -2.21. The summed E-state index contributed by atoms with van der Waals surface area (Å²) in [5.41, 5.74) is 1.53. The third-order valence-corrected chi connectivity index (χ3v) is 3.98. The molecule has 1 aromatic carbocycles. The molecule has 24 heavy (non-hydrogen) atoms. The van der Waals surface area contributed by atoms with Gasteiger partial charge in [-0.15, -0.1) is 12.4 Å². The molecule has 2 rings (SSSR count). The second-order valence-electron chi connectivity index (χ2n) is 6.67. The van der Waals surface area contributed by atoms with E-state index in [-0.39, 0.29) is 24.2 Å². The van der Waals surface area contributed by atoms with Crippen molar-refractivity contribution >= 4 is 35.6 Å². The highest BCUT2D eigenvalue weighted by Gasteiger charge is 2.16. The quantitative estimate of drug-likeness (QED) is 0.733. The summed E-state index contributed by atoms with van der Waals surface area (Å²) in [6.07, 6.45) is 3.21. The third kappa shape index (κ3) is 7.32. The van der Waals surface area contributed by atoms with Crippen molar-refractivity contribution in [3.8, 4) is 0 Å². The number of nitrogens with one attached hydrogen (secondary N) is 3. The van der Waals surface area contributed by atoms with Crippen LogP contribution in [0.3, 0.4) is 0 Å². The van der Waals surface area contributed by atoms with Crippen molar-refractivity contribution in [3.63, 3.8) is 0 Å². The molecule has 1 aromatic rings. The number of carbonyl (C=O) groups is 2. The molecule has 0 aliphatic carbocycles. The van der Waals surface area contributed by atoms with Gasteiger partial charge in [-0.05, 0) is 62.0 Å². The number of amides is 2. The van der Waals surface area contributed by atoms with E-state index in [1.165, 1.54) is 0 Å². The maximum atomic E-state index is 12.1. The van der Waals surface area contributed by atoms with E-state index in [1.54, 1.807) is 0 Å². The molecule has 0 bridgehead atoms. The van der Waals surface area contributed by atoms with Crippen LogP contribution in [0.2, 0.25) is 0 Å². The molecule has 0 radical (unpaired) electrons. The zero-order valence-corrected chi connectivity index (χ0v) is 15.2. The first-order chi connectivity index (χ1) is 11.0. The fraction of sp³-hybridized carbons (Fsp3) is 0.556. The van der Waals surface area contributed by atoms with E-state index >= 15 is 0 Å². The molecule has 1 aliphatic heterocycles. The molecule has 6 heteroatoms. The minimum atomic E-state index is 0. The number of rotatable bonds is 6. The molecule has 3 N–H and O–H groups in total. The smallest absolute Gasteiger partial charge is 0.224 e. The van der Waals surface area contributed by atoms with Gasteiger partial charge in [0.05, 0.1) is 0 Å². The van der Waals surface area contributed by atoms with Crippen LogP contribution < -0.4 is 16.0 Å². The van der Waals surface area contributed by atoms with Crippen LogP contribution >= 0.6 is 12.4 Å². The summed E-state index contributed by atoms with van der Waals surface area (Å²) in [4.78, 5) is 23.8. The van der Waals surface area contributed by atoms with Crippen molar-refractivity contribution in [2.24, 2.45) is 11.8 Å². The van der Waals surface area contributed by atoms with Crippen LogP contribution in [-0.2, 0) is 9.59 Å². The second kappa shape index (κ2) is 10.3. The van der Waals surface area contributed by atoms with Crippen molar-refractivity contribution in [1.29, 1.82) is 0 Å². The predicted molar refractivity (Wildman–Crippen MR) is 101 cm³/mol. The first kappa shape index (κ1) is 20.5. The zero-order chi connectivity index (χ0) is 16.7. The topological polar surface area (TPSA) is 70.2 Å². The second-order valence-corrected chi connectivity index (χ2v) is 6.67. The predicted octanol–water partition coefficient (Wildman–Crippen LogP) is 3.42. The first-order valence-corrected chi connectivity index (χ1v) is 8.43. The number of hydrogen-bond acceptors (Lipinski definition) is 3. The van der Waals surface area contributed by atoms with Crippen LogP contribution in [0, 0.1) is 11.8 Å². The summed E-state index contributed by atoms with van der Waals surface area (Å²) in [7, 11) is 0. The van der Waals surface area contributed by atoms with Crippen LogP contribution in [-0.4, -0.2) is 24.9 Å². The van der Waals surface area contributed by atoms with Crippen molar-refractivity contribution in [1.82, 2.24) is 5.32 Å². The lowest BCUT2D eigenvalue weighted by molar-refractivity contribution is -0.117. The van der Waals surface area contributed by atoms with Gasteiger partial charge in [-0.1, -0.05) is 13.8 Å². The van der Waals surface area contributed by atoms with Gasteiger partial charge in [0.25, 0.3) is 0 Å². The zero-order valence-electron chi connectivity index (χ0n) is 14.4. The van der Waals surface area contributed by atoms with Crippen LogP contribution in [0.15, 0.2) is 24.3 Å². The summed E-state index contributed by atoms with van der Waals surface area (Å²) < 4.78 is 0. The maximum absolute atomic E-state index is 12.1. The van der Waals surface area contributed by atoms with Gasteiger partial charge in [-0.25, -0.2) is 0 Å². The van der Waals surface area contributed by atoms with E-state index < -0.39 is 0 Å². The summed E-state index contributed by atoms with van der Waals surface area (Å²) in [6.45, 7) is 6.03. The number of carbonyl (C=O) groups excluding carboxylic acids is 2. The normalized spacial score (nSPS) is 14.8. The molecule has 1 saturated heterocycles. The summed E-state index contributed by atoms with van der Waals surface area (Å²) in [5, 5.41) is 9.10. The Labute approximate surface area is 150 Å². The Bertz CT molecular complexity index is 526. The van der Waals surface area contributed by atoms with Crippen LogP contribution in [0.25, 0.3) is 0 Å². The number of piperidine rings is 1. The lowest BCUT2D eigenvalue weighted by Crippen LogP contribution is -2.30. The number of anilines is 2. The van der Waals surface area contributed by atoms with Crippen molar-refractivity contribution in [3.05, 3.63) is 24.3 Å². The Balaban J connectivity index is 0.00000288. The molecule has 134 valence electrons. The molecule has 5 nitrogen and oxygen atoms in total. The lowest BCUT2D eigenvalue weighted by atomic mass is 9.94. The van der Waals surface area contributed by atoms with Gasteiger partial charge in [0, 0.05) is 24.2 Å². The fourth-order valence-electron chi connectivity index (χ4n) is 2.78. The van der Waals surface area contributed by atoms with Gasteiger partial charge in [0.1, 0.15) is 0 Å². The molecular formula is C18H28ClN3O2. The highest BCUT2D eigenvalue weighted by Crippen LogP contribution is 2.18. The van der Waals surface area contributed by atoms with E-state index in [0.717, 1.165) is 37.3 Å². The third-order valence-electron chi connectivity index (χ3n) is 3.98. The number of halogens is 1. The van der Waals surface area contributed by atoms with E-state index in [2.05, 4.69) is 16.0 Å². The molecular weight excluding hydrogens is 326 g/mol. The Morgan fingerprint density at radius 3 is 2.04 bits per heavy atom. The Kier molecular flexibility index (Phi) is 8.79. The standard InChI is InChI=1S/C18H27N3O2.ClH/c1-13(2)11-17(22)20-15-3-5-16(6-4-15)21-18(23)12-14-7-9-19-10-8-14;/h3-6,13-14,19H,7-12H2,1-2H3,(H,20,22)(H,21,23);1H. The molecule has 0 aromatic heterocycles. The highest BCUT2D eigenvalue weighted by molar-refractivity contribution is 5.93. The Morgan fingerprint density at radius 2 is 1.54 bits per heavy atom. The van der Waals surface area contributed by atoms with Gasteiger partial charge in [0.2, 0.25) is 11.8 Å². The highest BCUT2D eigenvalue weighted by atomic mass is 35.5. The van der Waals surface area contributed by atoms with Gasteiger partial charge in [0.15, 0.2) is 0 Å². The summed E-state index contributed by atoms with van der Waals surface area (Å²) >= 11 is 0. The summed E-state index contributed by atoms with van der Waals surface area (Å²) in [5.74, 6) is 0.894. The van der Waals surface area contributed by atoms with Crippen LogP contribution in [0.4, 0.5) is 11.4 Å². The molecule has 0 saturated carbocycles. The molecule has 0 unspecified atom stereocenters. The van der Waals surface area contributed by atoms with Gasteiger partial charge in [-0.2, -0.15) is 0 Å². The molecule has 0 atom stereocenters. The number of hydrogen-bond donors (Lipinski definition) is 3. The maximum Gasteiger partial charge on any atom is 0.224 e. The average Bonchev–Trinajstić information content (AvgIpc) is 2.49. The van der Waals surface area contributed by atoms with Crippen LogP contribution in [0.1, 0.15) is 39.5 Å². The Hall–Kier alpha value is -1.59. The van der Waals surface area contributed by atoms with E-state index in [9.17, 15) is 9.59 Å². The molecule has 1 fully saturated rings. The largest absolute Gasteiger partial charge is 0.326 e. The van der Waals surface area contributed by atoms with Crippen molar-refractivity contribution in [2.75, 3.05) is 23.7 Å². The van der Waals surface area contributed by atoms with Crippen molar-refractivity contribution < 1.29 is 9.59 Å². The Morgan fingerprint density at radius 1 is 1.04 bits per heavy atom. The molecule has 1 heterocycles. The monoisotopic (exact) mass is 353 g/mol. The molecule has 2 amide bonds. The minimum absolute atomic E-state index is 0. The molecule has 0 spiro atoms. The molecule has 1 aliphatic rings. The van der Waals surface area contributed by atoms with Gasteiger partial charge in [-0.3, -0.25) is 9.59 Å². The number of benzene rings is 1. The minimum Gasteiger partial charge on any atom is -0.326 e. The van der Waals surface area contributed by atoms with Crippen molar-refractivity contribution in [2.45, 2.75) is 39.5 Å². The average molecular weight is 354 g/mol. The van der Waals surface area contributed by atoms with Crippen LogP contribution in [0.5, 0.6) is 0 Å². The van der Waals surface area contributed by atoms with E-state index in [1.807, 2.05) is 38.1 Å². The van der Waals surface area contributed by atoms with Gasteiger partial charge >= 0.3 is 0 Å². The summed E-state index contributed by atoms with van der Waals surface area (Å²) in [6, 6.07) is 7.29.